The molecule has 0 radical (unpaired) electrons. The van der Waals surface area contributed by atoms with Gasteiger partial charge in [-0.25, -0.2) is 12.7 Å². The van der Waals surface area contributed by atoms with Gasteiger partial charge in [0.25, 0.3) is 5.91 Å². The fourth-order valence-corrected chi connectivity index (χ4v) is 4.36. The van der Waals surface area contributed by atoms with Crippen LogP contribution in [0, 0.1) is 0 Å². The minimum atomic E-state index is -3.49. The Hall–Kier alpha value is -2.42. The Balaban J connectivity index is 1.55. The number of thiophene rings is 1. The van der Waals surface area contributed by atoms with Gasteiger partial charge in [0, 0.05) is 41.5 Å². The molecule has 1 N–H and O–H groups in total. The maximum absolute atomic E-state index is 12.2. The highest BCUT2D eigenvalue weighted by Crippen LogP contribution is 2.28. The Labute approximate surface area is 162 Å². The largest absolute Gasteiger partial charge is 0.472 e. The number of nitrogens with zero attached hydrogens (tertiary/aromatic N) is 1. The lowest BCUT2D eigenvalue weighted by Crippen LogP contribution is -2.26. The molecular formula is C19H20N2O4S2. The van der Waals surface area contributed by atoms with E-state index in [1.807, 2.05) is 18.2 Å². The van der Waals surface area contributed by atoms with E-state index < -0.39 is 10.0 Å². The smallest absolute Gasteiger partial charge is 0.251 e. The molecule has 0 bridgehead atoms. The van der Waals surface area contributed by atoms with E-state index in [4.69, 9.17) is 4.42 Å². The van der Waals surface area contributed by atoms with Crippen LogP contribution in [0.2, 0.25) is 0 Å². The highest BCUT2D eigenvalue weighted by molar-refractivity contribution is 7.89. The van der Waals surface area contributed by atoms with E-state index in [1.165, 1.54) is 43.2 Å². The molecule has 0 atom stereocenters. The van der Waals surface area contributed by atoms with Gasteiger partial charge in [0.2, 0.25) is 10.0 Å². The Morgan fingerprint density at radius 2 is 1.85 bits per heavy atom. The van der Waals surface area contributed by atoms with Crippen molar-refractivity contribution in [1.82, 2.24) is 9.62 Å². The lowest BCUT2D eigenvalue weighted by molar-refractivity contribution is 0.0954. The van der Waals surface area contributed by atoms with E-state index in [2.05, 4.69) is 5.32 Å². The first-order chi connectivity index (χ1) is 12.9. The zero-order valence-corrected chi connectivity index (χ0v) is 16.6. The zero-order chi connectivity index (χ0) is 19.4. The molecule has 0 saturated heterocycles. The molecule has 0 spiro atoms. The van der Waals surface area contributed by atoms with Crippen molar-refractivity contribution in [3.63, 3.8) is 0 Å². The van der Waals surface area contributed by atoms with Gasteiger partial charge in [0.05, 0.1) is 17.4 Å². The predicted octanol–water partition coefficient (Wildman–Crippen LogP) is 3.23. The Morgan fingerprint density at radius 1 is 1.11 bits per heavy atom. The summed E-state index contributed by atoms with van der Waals surface area (Å²) in [6.45, 7) is 0.502. The number of hydrogen-bond acceptors (Lipinski definition) is 5. The van der Waals surface area contributed by atoms with Crippen molar-refractivity contribution < 1.29 is 17.6 Å². The molecule has 2 aromatic heterocycles. The summed E-state index contributed by atoms with van der Waals surface area (Å²) in [4.78, 5) is 14.7. The number of hydrogen-bond donors (Lipinski definition) is 1. The van der Waals surface area contributed by atoms with Crippen LogP contribution in [0.1, 0.15) is 15.2 Å². The van der Waals surface area contributed by atoms with Gasteiger partial charge in [-0.05, 0) is 48.9 Å². The molecule has 3 rings (SSSR count). The van der Waals surface area contributed by atoms with Crippen LogP contribution in [0.4, 0.5) is 0 Å². The number of benzene rings is 1. The standard InChI is InChI=1S/C19H20N2O4S2/c1-21(2)27(23,24)17-6-3-14(4-7-17)19(22)20-11-9-16-5-8-18(26-16)15-10-12-25-13-15/h3-8,10,12-13H,9,11H2,1-2H3,(H,20,22). The predicted molar refractivity (Wildman–Crippen MR) is 105 cm³/mol. The number of nitrogens with one attached hydrogen (secondary N) is 1. The van der Waals surface area contributed by atoms with Gasteiger partial charge in [-0.15, -0.1) is 11.3 Å². The van der Waals surface area contributed by atoms with Crippen LogP contribution in [0.25, 0.3) is 10.4 Å². The molecule has 0 aliphatic carbocycles. The average molecular weight is 405 g/mol. The van der Waals surface area contributed by atoms with Crippen LogP contribution in [-0.4, -0.2) is 39.3 Å². The van der Waals surface area contributed by atoms with E-state index in [0.29, 0.717) is 12.1 Å². The summed E-state index contributed by atoms with van der Waals surface area (Å²) in [5.74, 6) is -0.226. The van der Waals surface area contributed by atoms with Crippen molar-refractivity contribution in [2.75, 3.05) is 20.6 Å². The molecule has 1 amide bonds. The third kappa shape index (κ3) is 4.47. The van der Waals surface area contributed by atoms with Crippen molar-refractivity contribution in [3.8, 4) is 10.4 Å². The van der Waals surface area contributed by atoms with Crippen LogP contribution in [0.3, 0.4) is 0 Å². The minimum absolute atomic E-state index is 0.161. The molecule has 0 aliphatic rings. The molecule has 27 heavy (non-hydrogen) atoms. The lowest BCUT2D eigenvalue weighted by atomic mass is 10.2. The van der Waals surface area contributed by atoms with E-state index in [1.54, 1.807) is 23.9 Å². The van der Waals surface area contributed by atoms with Gasteiger partial charge >= 0.3 is 0 Å². The van der Waals surface area contributed by atoms with Crippen molar-refractivity contribution in [1.29, 1.82) is 0 Å². The van der Waals surface area contributed by atoms with Crippen molar-refractivity contribution >= 4 is 27.3 Å². The molecule has 2 heterocycles. The van der Waals surface area contributed by atoms with Crippen molar-refractivity contribution in [2.24, 2.45) is 0 Å². The highest BCUT2D eigenvalue weighted by atomic mass is 32.2. The molecule has 8 heteroatoms. The molecule has 1 aromatic carbocycles. The summed E-state index contributed by atoms with van der Waals surface area (Å²) < 4.78 is 30.3. The average Bonchev–Trinajstić information content (AvgIpc) is 3.33. The number of carbonyl (C=O) groups is 1. The second kappa shape index (κ2) is 8.08. The van der Waals surface area contributed by atoms with E-state index in [9.17, 15) is 13.2 Å². The summed E-state index contributed by atoms with van der Waals surface area (Å²) in [6, 6.07) is 11.9. The summed E-state index contributed by atoms with van der Waals surface area (Å²) in [7, 11) is -0.551. The Kier molecular flexibility index (Phi) is 5.79. The molecule has 0 unspecified atom stereocenters. The van der Waals surface area contributed by atoms with Crippen LogP contribution < -0.4 is 5.32 Å². The molecule has 0 saturated carbocycles. The molecule has 142 valence electrons. The van der Waals surface area contributed by atoms with E-state index in [0.717, 1.165) is 21.2 Å². The second-order valence-corrected chi connectivity index (χ2v) is 9.42. The summed E-state index contributed by atoms with van der Waals surface area (Å²) >= 11 is 1.66. The van der Waals surface area contributed by atoms with Gasteiger partial charge in [-0.1, -0.05) is 0 Å². The molecule has 0 aliphatic heterocycles. The molecule has 6 nitrogen and oxygen atoms in total. The molecule has 0 fully saturated rings. The first kappa shape index (κ1) is 19.3. The zero-order valence-electron chi connectivity index (χ0n) is 15.0. The maximum atomic E-state index is 12.2. The fraction of sp³-hybridized carbons (Fsp3) is 0.211. The number of rotatable bonds is 7. The molecular weight excluding hydrogens is 384 g/mol. The van der Waals surface area contributed by atoms with Gasteiger partial charge in [-0.2, -0.15) is 0 Å². The highest BCUT2D eigenvalue weighted by Gasteiger charge is 2.17. The van der Waals surface area contributed by atoms with Crippen LogP contribution >= 0.6 is 11.3 Å². The minimum Gasteiger partial charge on any atom is -0.472 e. The van der Waals surface area contributed by atoms with Gasteiger partial charge in [0.1, 0.15) is 0 Å². The van der Waals surface area contributed by atoms with Crippen molar-refractivity contribution in [3.05, 3.63) is 65.4 Å². The summed E-state index contributed by atoms with van der Waals surface area (Å²) in [5, 5.41) is 2.86. The normalized spacial score (nSPS) is 11.7. The van der Waals surface area contributed by atoms with Gasteiger partial charge in [-0.3, -0.25) is 4.79 Å². The van der Waals surface area contributed by atoms with Crippen LogP contribution in [0.15, 0.2) is 64.3 Å². The third-order valence-corrected chi connectivity index (χ3v) is 7.04. The number of sulfonamides is 1. The van der Waals surface area contributed by atoms with Crippen LogP contribution in [0.5, 0.6) is 0 Å². The Morgan fingerprint density at radius 3 is 2.48 bits per heavy atom. The maximum Gasteiger partial charge on any atom is 0.251 e. The topological polar surface area (TPSA) is 79.6 Å². The lowest BCUT2D eigenvalue weighted by Gasteiger charge is -2.11. The second-order valence-electron chi connectivity index (χ2n) is 6.10. The van der Waals surface area contributed by atoms with Crippen LogP contribution in [-0.2, 0) is 16.4 Å². The number of carbonyl (C=O) groups excluding carboxylic acids is 1. The first-order valence-corrected chi connectivity index (χ1v) is 10.6. The van der Waals surface area contributed by atoms with Gasteiger partial charge in [0.15, 0.2) is 0 Å². The van der Waals surface area contributed by atoms with E-state index >= 15 is 0 Å². The third-order valence-electron chi connectivity index (χ3n) is 4.02. The fourth-order valence-electron chi connectivity index (χ4n) is 2.46. The van der Waals surface area contributed by atoms with E-state index in [-0.39, 0.29) is 10.8 Å². The summed E-state index contributed by atoms with van der Waals surface area (Å²) in [6.07, 6.45) is 4.07. The quantitative estimate of drug-likeness (QED) is 0.656. The Bertz CT molecular complexity index is 1000. The number of amides is 1. The first-order valence-electron chi connectivity index (χ1n) is 8.30. The van der Waals surface area contributed by atoms with Crippen molar-refractivity contribution in [2.45, 2.75) is 11.3 Å². The monoisotopic (exact) mass is 404 g/mol. The SMILES string of the molecule is CN(C)S(=O)(=O)c1ccc(C(=O)NCCc2ccc(-c3ccoc3)s2)cc1. The summed E-state index contributed by atoms with van der Waals surface area (Å²) in [5.41, 5.74) is 1.47. The van der Waals surface area contributed by atoms with Gasteiger partial charge < -0.3 is 9.73 Å². The molecule has 3 aromatic rings. The number of furan rings is 1.